The van der Waals surface area contributed by atoms with Crippen LogP contribution in [-0.4, -0.2) is 27.9 Å². The summed E-state index contributed by atoms with van der Waals surface area (Å²) in [7, 11) is 0. The minimum atomic E-state index is -2.27. The number of carbonyl (C=O) groups excluding carboxylic acids is 1. The second-order valence-electron chi connectivity index (χ2n) is 3.63. The smallest absolute Gasteiger partial charge is 0.325 e. The molecule has 0 fully saturated rings. The molecule has 5 nitrogen and oxygen atoms in total. The topological polar surface area (TPSA) is 91.7 Å². The number of halogens is 3. The fourth-order valence-corrected chi connectivity index (χ4v) is 3.05. The normalized spacial score (nSPS) is 10.6. The van der Waals surface area contributed by atoms with Gasteiger partial charge in [-0.15, -0.1) is 0 Å². The fourth-order valence-electron chi connectivity index (χ4n) is 1.49. The number of benzene rings is 1. The molecule has 102 valence electrons. The van der Waals surface area contributed by atoms with Gasteiger partial charge in [0.15, 0.2) is 5.78 Å². The van der Waals surface area contributed by atoms with Crippen molar-refractivity contribution in [1.29, 1.82) is 0 Å². The molecule has 2 N–H and O–H groups in total. The standard InChI is InChI=1S/C11H7Br2FO5/c1-3-6(4(12)2-5(13)8(3)14)9(15)7(10(16)17)11(18)19/h2,7H,1H3,(H,16,17)(H,18,19). The number of carboxylic acids is 2. The van der Waals surface area contributed by atoms with E-state index in [2.05, 4.69) is 31.9 Å². The van der Waals surface area contributed by atoms with Gasteiger partial charge >= 0.3 is 11.9 Å². The first-order valence-corrected chi connectivity index (χ1v) is 6.41. The largest absolute Gasteiger partial charge is 0.480 e. The van der Waals surface area contributed by atoms with Crippen molar-refractivity contribution in [2.24, 2.45) is 5.92 Å². The fraction of sp³-hybridized carbons (Fsp3) is 0.182. The molecule has 1 aromatic carbocycles. The number of ketones is 1. The highest BCUT2D eigenvalue weighted by Crippen LogP contribution is 2.31. The van der Waals surface area contributed by atoms with Gasteiger partial charge in [0.25, 0.3) is 0 Å². The van der Waals surface area contributed by atoms with Gasteiger partial charge in [0.2, 0.25) is 5.92 Å². The number of carboxylic acid groups (broad SMARTS) is 2. The van der Waals surface area contributed by atoms with Crippen LogP contribution in [-0.2, 0) is 9.59 Å². The Morgan fingerprint density at radius 2 is 1.63 bits per heavy atom. The number of rotatable bonds is 4. The second-order valence-corrected chi connectivity index (χ2v) is 5.34. The van der Waals surface area contributed by atoms with Gasteiger partial charge in [-0.1, -0.05) is 0 Å². The monoisotopic (exact) mass is 396 g/mol. The van der Waals surface area contributed by atoms with E-state index in [1.54, 1.807) is 0 Å². The van der Waals surface area contributed by atoms with Crippen molar-refractivity contribution >= 4 is 49.6 Å². The van der Waals surface area contributed by atoms with E-state index in [1.165, 1.54) is 13.0 Å². The van der Waals surface area contributed by atoms with Crippen LogP contribution >= 0.6 is 31.9 Å². The van der Waals surface area contributed by atoms with Crippen LogP contribution in [0.15, 0.2) is 15.0 Å². The van der Waals surface area contributed by atoms with Crippen LogP contribution in [0.4, 0.5) is 4.39 Å². The van der Waals surface area contributed by atoms with E-state index in [-0.39, 0.29) is 20.1 Å². The molecule has 19 heavy (non-hydrogen) atoms. The van der Waals surface area contributed by atoms with E-state index >= 15 is 0 Å². The number of hydrogen-bond acceptors (Lipinski definition) is 3. The zero-order valence-electron chi connectivity index (χ0n) is 9.41. The predicted octanol–water partition coefficient (Wildman–Crippen LogP) is 2.63. The van der Waals surface area contributed by atoms with Crippen molar-refractivity contribution in [3.05, 3.63) is 32.0 Å². The first-order valence-electron chi connectivity index (χ1n) is 4.82. The molecule has 1 rings (SSSR count). The quantitative estimate of drug-likeness (QED) is 0.463. The lowest BCUT2D eigenvalue weighted by atomic mass is 9.94. The van der Waals surface area contributed by atoms with E-state index in [0.29, 0.717) is 0 Å². The SMILES string of the molecule is Cc1c(F)c(Br)cc(Br)c1C(=O)C(C(=O)O)C(=O)O. The van der Waals surface area contributed by atoms with Crippen LogP contribution in [0.3, 0.4) is 0 Å². The Kier molecular flexibility index (Phi) is 4.81. The van der Waals surface area contributed by atoms with Crippen molar-refractivity contribution < 1.29 is 29.0 Å². The highest BCUT2D eigenvalue weighted by atomic mass is 79.9. The van der Waals surface area contributed by atoms with E-state index in [0.717, 1.165) is 0 Å². The molecule has 0 bridgehead atoms. The summed E-state index contributed by atoms with van der Waals surface area (Å²) in [6, 6.07) is 1.22. The maximum absolute atomic E-state index is 13.7. The lowest BCUT2D eigenvalue weighted by Crippen LogP contribution is -2.32. The summed E-state index contributed by atoms with van der Waals surface area (Å²) in [6.45, 7) is 1.26. The average Bonchev–Trinajstić information content (AvgIpc) is 2.24. The third-order valence-corrected chi connectivity index (χ3v) is 3.61. The summed E-state index contributed by atoms with van der Waals surface area (Å²) in [5.74, 6) is -7.80. The molecule has 0 aliphatic carbocycles. The van der Waals surface area contributed by atoms with Gasteiger partial charge in [-0.25, -0.2) is 4.39 Å². The zero-order valence-corrected chi connectivity index (χ0v) is 12.6. The summed E-state index contributed by atoms with van der Waals surface area (Å²) >= 11 is 5.92. The molecule has 0 aliphatic heterocycles. The van der Waals surface area contributed by atoms with Crippen LogP contribution in [0.1, 0.15) is 15.9 Å². The van der Waals surface area contributed by atoms with Crippen LogP contribution in [0.5, 0.6) is 0 Å². The maximum atomic E-state index is 13.7. The van der Waals surface area contributed by atoms with Gasteiger partial charge in [-0.2, -0.15) is 0 Å². The number of hydrogen-bond donors (Lipinski definition) is 2. The lowest BCUT2D eigenvalue weighted by molar-refractivity contribution is -0.151. The first-order chi connectivity index (χ1) is 8.68. The minimum absolute atomic E-state index is 0.0793. The summed E-state index contributed by atoms with van der Waals surface area (Å²) in [4.78, 5) is 33.6. The Labute approximate surface area is 123 Å². The van der Waals surface area contributed by atoms with Gasteiger partial charge in [-0.3, -0.25) is 14.4 Å². The molecular formula is C11H7Br2FO5. The van der Waals surface area contributed by atoms with Crippen molar-refractivity contribution in [3.8, 4) is 0 Å². The van der Waals surface area contributed by atoms with E-state index < -0.39 is 29.5 Å². The molecule has 0 amide bonds. The molecule has 0 unspecified atom stereocenters. The van der Waals surface area contributed by atoms with Crippen molar-refractivity contribution in [3.63, 3.8) is 0 Å². The molecule has 0 spiro atoms. The molecule has 8 heteroatoms. The highest BCUT2D eigenvalue weighted by molar-refractivity contribution is 9.11. The Hall–Kier alpha value is -1.28. The molecule has 0 aliphatic rings. The Bertz CT molecular complexity index is 571. The van der Waals surface area contributed by atoms with Crippen LogP contribution in [0, 0.1) is 18.7 Å². The number of aliphatic carboxylic acids is 2. The Morgan fingerprint density at radius 1 is 1.16 bits per heavy atom. The summed E-state index contributed by atoms with van der Waals surface area (Å²) in [5, 5.41) is 17.5. The Balaban J connectivity index is 3.46. The third kappa shape index (κ3) is 3.01. The molecule has 0 heterocycles. The molecule has 0 radical (unpaired) electrons. The minimum Gasteiger partial charge on any atom is -0.480 e. The van der Waals surface area contributed by atoms with E-state index in [1.807, 2.05) is 0 Å². The lowest BCUT2D eigenvalue weighted by Gasteiger charge is -2.12. The van der Waals surface area contributed by atoms with E-state index in [9.17, 15) is 18.8 Å². The zero-order chi connectivity index (χ0) is 14.9. The number of Topliss-reactive ketones (excluding diaryl/α,β-unsaturated/α-hetero) is 1. The molecule has 0 atom stereocenters. The van der Waals surface area contributed by atoms with Crippen LogP contribution in [0.25, 0.3) is 0 Å². The van der Waals surface area contributed by atoms with Gasteiger partial charge in [0.1, 0.15) is 5.82 Å². The van der Waals surface area contributed by atoms with Crippen LogP contribution in [0.2, 0.25) is 0 Å². The average molecular weight is 398 g/mol. The summed E-state index contributed by atoms with van der Waals surface area (Å²) in [5.41, 5.74) is -0.422. The molecule has 0 aromatic heterocycles. The van der Waals surface area contributed by atoms with Gasteiger partial charge in [-0.05, 0) is 50.4 Å². The molecular weight excluding hydrogens is 391 g/mol. The maximum Gasteiger partial charge on any atom is 0.325 e. The van der Waals surface area contributed by atoms with Crippen molar-refractivity contribution in [1.82, 2.24) is 0 Å². The Morgan fingerprint density at radius 3 is 2.05 bits per heavy atom. The molecule has 1 aromatic rings. The summed E-state index contributed by atoms with van der Waals surface area (Å²) in [6.07, 6.45) is 0. The van der Waals surface area contributed by atoms with Gasteiger partial charge < -0.3 is 10.2 Å². The van der Waals surface area contributed by atoms with Gasteiger partial charge in [0, 0.05) is 10.0 Å². The predicted molar refractivity (Wildman–Crippen MR) is 69.6 cm³/mol. The molecule has 0 saturated heterocycles. The third-order valence-electron chi connectivity index (χ3n) is 2.41. The number of carbonyl (C=O) groups is 3. The molecule has 0 saturated carbocycles. The second kappa shape index (κ2) is 5.79. The summed E-state index contributed by atoms with van der Waals surface area (Å²) < 4.78 is 13.9. The first kappa shape index (κ1) is 15.8. The highest BCUT2D eigenvalue weighted by Gasteiger charge is 2.37. The van der Waals surface area contributed by atoms with Crippen molar-refractivity contribution in [2.45, 2.75) is 6.92 Å². The van der Waals surface area contributed by atoms with Gasteiger partial charge in [0.05, 0.1) is 4.47 Å². The van der Waals surface area contributed by atoms with Crippen molar-refractivity contribution in [2.75, 3.05) is 0 Å². The van der Waals surface area contributed by atoms with E-state index in [4.69, 9.17) is 10.2 Å². The van der Waals surface area contributed by atoms with Crippen LogP contribution < -0.4 is 0 Å².